The standard InChI is InChI=1S/C17H19FN2O3S/c1-13-4-2-3-5-16(13)24(22,23)20-12-17(21)19-11-10-14-6-8-15(18)9-7-14/h2-9,20H,10-12H2,1H3,(H,19,21). The first-order valence-electron chi connectivity index (χ1n) is 7.45. The van der Waals surface area contributed by atoms with Crippen molar-refractivity contribution in [2.45, 2.75) is 18.2 Å². The third-order valence-electron chi connectivity index (χ3n) is 3.45. The van der Waals surface area contributed by atoms with Gasteiger partial charge in [0.25, 0.3) is 0 Å². The lowest BCUT2D eigenvalue weighted by Crippen LogP contribution is -2.37. The van der Waals surface area contributed by atoms with Crippen LogP contribution in [0.4, 0.5) is 4.39 Å². The molecule has 0 heterocycles. The van der Waals surface area contributed by atoms with Gasteiger partial charge in [0.2, 0.25) is 15.9 Å². The molecule has 0 saturated carbocycles. The summed E-state index contributed by atoms with van der Waals surface area (Å²) in [4.78, 5) is 11.9. The molecule has 0 aliphatic rings. The van der Waals surface area contributed by atoms with Gasteiger partial charge < -0.3 is 5.32 Å². The molecule has 0 aliphatic heterocycles. The monoisotopic (exact) mass is 350 g/mol. The van der Waals surface area contributed by atoms with Crippen molar-refractivity contribution in [3.63, 3.8) is 0 Å². The molecule has 2 N–H and O–H groups in total. The molecule has 0 bridgehead atoms. The van der Waals surface area contributed by atoms with E-state index in [4.69, 9.17) is 0 Å². The zero-order valence-corrected chi connectivity index (χ0v) is 14.1. The van der Waals surface area contributed by atoms with Crippen LogP contribution in [0, 0.1) is 12.7 Å². The van der Waals surface area contributed by atoms with Crippen LogP contribution in [-0.2, 0) is 21.2 Å². The quantitative estimate of drug-likeness (QED) is 0.799. The maximum atomic E-state index is 12.8. The average Bonchev–Trinajstić information content (AvgIpc) is 2.55. The molecule has 24 heavy (non-hydrogen) atoms. The molecule has 0 unspecified atom stereocenters. The Morgan fingerprint density at radius 2 is 1.75 bits per heavy atom. The molecule has 2 rings (SSSR count). The maximum Gasteiger partial charge on any atom is 0.241 e. The van der Waals surface area contributed by atoms with Crippen LogP contribution in [0.5, 0.6) is 0 Å². The summed E-state index contributed by atoms with van der Waals surface area (Å²) in [5, 5.41) is 2.62. The molecular formula is C17H19FN2O3S. The molecule has 0 spiro atoms. The molecule has 0 atom stereocenters. The second-order valence-corrected chi connectivity index (χ2v) is 7.05. The van der Waals surface area contributed by atoms with E-state index in [-0.39, 0.29) is 17.3 Å². The molecule has 0 fully saturated rings. The van der Waals surface area contributed by atoms with Crippen LogP contribution in [-0.4, -0.2) is 27.4 Å². The third kappa shape index (κ3) is 5.14. The summed E-state index contributed by atoms with van der Waals surface area (Å²) in [6, 6.07) is 12.5. The second kappa shape index (κ2) is 8.03. The number of hydrogen-bond acceptors (Lipinski definition) is 3. The summed E-state index contributed by atoms with van der Waals surface area (Å²) in [6.07, 6.45) is 0.538. The van der Waals surface area contributed by atoms with Gasteiger partial charge in [-0.15, -0.1) is 0 Å². The predicted octanol–water partition coefficient (Wildman–Crippen LogP) is 1.77. The molecule has 1 amide bonds. The Morgan fingerprint density at radius 1 is 1.08 bits per heavy atom. The highest BCUT2D eigenvalue weighted by molar-refractivity contribution is 7.89. The Kier molecular flexibility index (Phi) is 6.05. The van der Waals surface area contributed by atoms with Crippen LogP contribution in [0.1, 0.15) is 11.1 Å². The van der Waals surface area contributed by atoms with E-state index in [2.05, 4.69) is 10.0 Å². The van der Waals surface area contributed by atoms with Gasteiger partial charge >= 0.3 is 0 Å². The summed E-state index contributed by atoms with van der Waals surface area (Å²) in [5.74, 6) is -0.734. The van der Waals surface area contributed by atoms with E-state index in [0.29, 0.717) is 18.5 Å². The number of nitrogens with one attached hydrogen (secondary N) is 2. The number of carbonyl (C=O) groups is 1. The summed E-state index contributed by atoms with van der Waals surface area (Å²) >= 11 is 0. The number of amides is 1. The Hall–Kier alpha value is -2.25. The van der Waals surface area contributed by atoms with Crippen LogP contribution in [0.3, 0.4) is 0 Å². The minimum Gasteiger partial charge on any atom is -0.355 e. The fourth-order valence-electron chi connectivity index (χ4n) is 2.16. The lowest BCUT2D eigenvalue weighted by molar-refractivity contribution is -0.119. The first kappa shape index (κ1) is 18.1. The van der Waals surface area contributed by atoms with E-state index < -0.39 is 15.9 Å². The zero-order chi connectivity index (χ0) is 17.6. The van der Waals surface area contributed by atoms with E-state index in [1.807, 2.05) is 0 Å². The van der Waals surface area contributed by atoms with Gasteiger partial charge in [0.05, 0.1) is 11.4 Å². The predicted molar refractivity (Wildman–Crippen MR) is 89.5 cm³/mol. The van der Waals surface area contributed by atoms with Gasteiger partial charge in [0, 0.05) is 6.54 Å². The first-order valence-corrected chi connectivity index (χ1v) is 8.93. The number of halogens is 1. The second-order valence-electron chi connectivity index (χ2n) is 5.32. The van der Waals surface area contributed by atoms with Gasteiger partial charge in [-0.3, -0.25) is 4.79 Å². The van der Waals surface area contributed by atoms with Crippen LogP contribution in [0.25, 0.3) is 0 Å². The van der Waals surface area contributed by atoms with Crippen molar-refractivity contribution in [3.8, 4) is 0 Å². The lowest BCUT2D eigenvalue weighted by Gasteiger charge is -2.09. The van der Waals surface area contributed by atoms with Crippen molar-refractivity contribution >= 4 is 15.9 Å². The van der Waals surface area contributed by atoms with Crippen molar-refractivity contribution < 1.29 is 17.6 Å². The fourth-order valence-corrected chi connectivity index (χ4v) is 3.38. The highest BCUT2D eigenvalue weighted by Crippen LogP contribution is 2.13. The normalized spacial score (nSPS) is 11.2. The first-order chi connectivity index (χ1) is 11.4. The van der Waals surface area contributed by atoms with Crippen LogP contribution in [0.15, 0.2) is 53.4 Å². The zero-order valence-electron chi connectivity index (χ0n) is 13.3. The topological polar surface area (TPSA) is 75.3 Å². The smallest absolute Gasteiger partial charge is 0.241 e. The number of aryl methyl sites for hydroxylation is 1. The van der Waals surface area contributed by atoms with Crippen molar-refractivity contribution in [2.24, 2.45) is 0 Å². The molecule has 0 aliphatic carbocycles. The van der Waals surface area contributed by atoms with E-state index in [0.717, 1.165) is 5.56 Å². The van der Waals surface area contributed by atoms with Crippen molar-refractivity contribution in [3.05, 3.63) is 65.5 Å². The van der Waals surface area contributed by atoms with Crippen LogP contribution < -0.4 is 10.0 Å². The largest absolute Gasteiger partial charge is 0.355 e. The van der Waals surface area contributed by atoms with Gasteiger partial charge in [-0.1, -0.05) is 30.3 Å². The summed E-state index contributed by atoms with van der Waals surface area (Å²) < 4.78 is 39.4. The molecule has 0 saturated heterocycles. The highest BCUT2D eigenvalue weighted by Gasteiger charge is 2.17. The van der Waals surface area contributed by atoms with E-state index in [1.54, 1.807) is 37.3 Å². The number of hydrogen-bond donors (Lipinski definition) is 2. The number of sulfonamides is 1. The SMILES string of the molecule is Cc1ccccc1S(=O)(=O)NCC(=O)NCCc1ccc(F)cc1. The summed E-state index contributed by atoms with van der Waals surface area (Å²) in [6.45, 7) is 1.70. The summed E-state index contributed by atoms with van der Waals surface area (Å²) in [7, 11) is -3.72. The molecule has 5 nitrogen and oxygen atoms in total. The van der Waals surface area contributed by atoms with Crippen molar-refractivity contribution in [1.82, 2.24) is 10.0 Å². The maximum absolute atomic E-state index is 12.8. The van der Waals surface area contributed by atoms with Crippen molar-refractivity contribution in [1.29, 1.82) is 0 Å². The van der Waals surface area contributed by atoms with Gasteiger partial charge in [-0.2, -0.15) is 0 Å². The Bertz CT molecular complexity index is 805. The van der Waals surface area contributed by atoms with Gasteiger partial charge in [-0.25, -0.2) is 17.5 Å². The highest BCUT2D eigenvalue weighted by atomic mass is 32.2. The summed E-state index contributed by atoms with van der Waals surface area (Å²) in [5.41, 5.74) is 1.50. The van der Waals surface area contributed by atoms with E-state index >= 15 is 0 Å². The molecule has 2 aromatic carbocycles. The van der Waals surface area contributed by atoms with Crippen LogP contribution >= 0.6 is 0 Å². The minimum absolute atomic E-state index is 0.157. The van der Waals surface area contributed by atoms with E-state index in [9.17, 15) is 17.6 Å². The average molecular weight is 350 g/mol. The number of rotatable bonds is 7. The molecule has 0 radical (unpaired) electrons. The molecule has 0 aromatic heterocycles. The van der Waals surface area contributed by atoms with Gasteiger partial charge in [0.1, 0.15) is 5.82 Å². The van der Waals surface area contributed by atoms with Crippen LogP contribution in [0.2, 0.25) is 0 Å². The Balaban J connectivity index is 1.80. The number of benzene rings is 2. The lowest BCUT2D eigenvalue weighted by atomic mass is 10.1. The molecule has 128 valence electrons. The van der Waals surface area contributed by atoms with Gasteiger partial charge in [0.15, 0.2) is 0 Å². The fraction of sp³-hybridized carbons (Fsp3) is 0.235. The minimum atomic E-state index is -3.72. The van der Waals surface area contributed by atoms with E-state index in [1.165, 1.54) is 18.2 Å². The molecule has 7 heteroatoms. The Labute approximate surface area is 141 Å². The molecular weight excluding hydrogens is 331 g/mol. The van der Waals surface area contributed by atoms with Crippen molar-refractivity contribution in [2.75, 3.05) is 13.1 Å². The third-order valence-corrected chi connectivity index (χ3v) is 5.02. The Morgan fingerprint density at radius 3 is 2.42 bits per heavy atom. The van der Waals surface area contributed by atoms with Gasteiger partial charge in [-0.05, 0) is 42.7 Å². The molecule has 2 aromatic rings. The number of carbonyl (C=O) groups excluding carboxylic acids is 1.